The predicted molar refractivity (Wildman–Crippen MR) is 68.7 cm³/mol. The molecular formula is C12H21N3S. The summed E-state index contributed by atoms with van der Waals surface area (Å²) in [6.07, 6.45) is 6.03. The van der Waals surface area contributed by atoms with Crippen LogP contribution >= 0.6 is 11.3 Å². The molecular weight excluding hydrogens is 218 g/mol. The highest BCUT2D eigenvalue weighted by atomic mass is 32.1. The molecule has 0 radical (unpaired) electrons. The summed E-state index contributed by atoms with van der Waals surface area (Å²) in [5.74, 6) is 0. The fourth-order valence-electron chi connectivity index (χ4n) is 2.22. The van der Waals surface area contributed by atoms with Crippen LogP contribution in [0, 0.1) is 0 Å². The van der Waals surface area contributed by atoms with Crippen molar-refractivity contribution in [3.63, 3.8) is 0 Å². The lowest BCUT2D eigenvalue weighted by Gasteiger charge is -2.32. The fraction of sp³-hybridized carbons (Fsp3) is 0.750. The van der Waals surface area contributed by atoms with E-state index >= 15 is 0 Å². The van der Waals surface area contributed by atoms with Crippen molar-refractivity contribution >= 4 is 11.3 Å². The van der Waals surface area contributed by atoms with Gasteiger partial charge < -0.3 is 5.32 Å². The number of rotatable bonds is 5. The van der Waals surface area contributed by atoms with Gasteiger partial charge in [-0.05, 0) is 32.9 Å². The molecule has 1 fully saturated rings. The van der Waals surface area contributed by atoms with Crippen LogP contribution in [-0.4, -0.2) is 35.6 Å². The minimum absolute atomic E-state index is 0.653. The molecule has 1 aromatic rings. The number of thiazole rings is 1. The second kappa shape index (κ2) is 6.33. The zero-order valence-corrected chi connectivity index (χ0v) is 10.8. The number of hydrogen-bond donors (Lipinski definition) is 1. The zero-order valence-electron chi connectivity index (χ0n) is 9.98. The molecule has 1 aliphatic rings. The number of likely N-dealkylation sites (tertiary alicyclic amines) is 1. The van der Waals surface area contributed by atoms with Crippen LogP contribution in [0.5, 0.6) is 0 Å². The molecule has 16 heavy (non-hydrogen) atoms. The quantitative estimate of drug-likeness (QED) is 0.853. The molecule has 90 valence electrons. The van der Waals surface area contributed by atoms with Crippen LogP contribution in [0.1, 0.15) is 31.2 Å². The molecule has 1 saturated heterocycles. The fourth-order valence-corrected chi connectivity index (χ4v) is 2.80. The van der Waals surface area contributed by atoms with E-state index in [1.54, 1.807) is 11.3 Å². The van der Waals surface area contributed by atoms with Crippen molar-refractivity contribution in [2.45, 2.75) is 38.8 Å². The van der Waals surface area contributed by atoms with Gasteiger partial charge in [-0.2, -0.15) is 0 Å². The molecule has 0 bridgehead atoms. The van der Waals surface area contributed by atoms with Gasteiger partial charge in [0.1, 0.15) is 5.01 Å². The van der Waals surface area contributed by atoms with E-state index in [9.17, 15) is 0 Å². The molecule has 3 nitrogen and oxygen atoms in total. The number of aromatic nitrogens is 1. The maximum atomic E-state index is 4.27. The first-order valence-corrected chi connectivity index (χ1v) is 7.07. The van der Waals surface area contributed by atoms with Crippen LogP contribution in [-0.2, 0) is 6.54 Å². The third-order valence-electron chi connectivity index (χ3n) is 3.21. The molecule has 1 N–H and O–H groups in total. The Bertz CT molecular complexity index is 280. The van der Waals surface area contributed by atoms with E-state index < -0.39 is 0 Å². The van der Waals surface area contributed by atoms with Gasteiger partial charge in [0.05, 0.1) is 0 Å². The number of nitrogens with zero attached hydrogens (tertiary/aromatic N) is 2. The Balaban J connectivity index is 1.65. The molecule has 0 aliphatic carbocycles. The molecule has 1 aromatic heterocycles. The normalized spacial score (nSPS) is 19.8. The summed E-state index contributed by atoms with van der Waals surface area (Å²) in [6, 6.07) is 0.653. The second-order valence-corrected chi connectivity index (χ2v) is 5.48. The first-order valence-electron chi connectivity index (χ1n) is 6.19. The van der Waals surface area contributed by atoms with Gasteiger partial charge in [-0.3, -0.25) is 4.90 Å². The third-order valence-corrected chi connectivity index (χ3v) is 3.99. The van der Waals surface area contributed by atoms with Crippen LogP contribution in [0.2, 0.25) is 0 Å². The van der Waals surface area contributed by atoms with E-state index in [1.165, 1.54) is 37.4 Å². The Morgan fingerprint density at radius 3 is 2.94 bits per heavy atom. The highest BCUT2D eigenvalue weighted by Gasteiger charge is 2.15. The van der Waals surface area contributed by atoms with Gasteiger partial charge in [-0.25, -0.2) is 4.98 Å². The molecule has 0 spiro atoms. The molecule has 1 atom stereocenters. The van der Waals surface area contributed by atoms with Gasteiger partial charge in [0.25, 0.3) is 0 Å². The lowest BCUT2D eigenvalue weighted by atomic mass is 10.1. The molecule has 4 heteroatoms. The van der Waals surface area contributed by atoms with Gasteiger partial charge in [-0.15, -0.1) is 11.3 Å². The van der Waals surface area contributed by atoms with Gasteiger partial charge in [-0.1, -0.05) is 6.42 Å². The highest BCUT2D eigenvalue weighted by molar-refractivity contribution is 7.09. The summed E-state index contributed by atoms with van der Waals surface area (Å²) >= 11 is 1.72. The van der Waals surface area contributed by atoms with E-state index in [2.05, 4.69) is 22.1 Å². The predicted octanol–water partition coefficient (Wildman–Crippen LogP) is 2.11. The summed E-state index contributed by atoms with van der Waals surface area (Å²) in [4.78, 5) is 6.86. The Labute approximate surface area is 102 Å². The smallest absolute Gasteiger partial charge is 0.106 e. The molecule has 1 aliphatic heterocycles. The van der Waals surface area contributed by atoms with Crippen molar-refractivity contribution in [2.75, 3.05) is 19.6 Å². The molecule has 1 unspecified atom stereocenters. The summed E-state index contributed by atoms with van der Waals surface area (Å²) < 4.78 is 0. The van der Waals surface area contributed by atoms with Crippen molar-refractivity contribution in [3.05, 3.63) is 16.6 Å². The van der Waals surface area contributed by atoms with Gasteiger partial charge in [0.2, 0.25) is 0 Å². The Kier molecular flexibility index (Phi) is 4.75. The van der Waals surface area contributed by atoms with Crippen LogP contribution in [0.4, 0.5) is 0 Å². The maximum Gasteiger partial charge on any atom is 0.106 e. The lowest BCUT2D eigenvalue weighted by Crippen LogP contribution is -2.42. The zero-order chi connectivity index (χ0) is 11.2. The molecule has 2 heterocycles. The summed E-state index contributed by atoms with van der Waals surface area (Å²) in [5.41, 5.74) is 0. The summed E-state index contributed by atoms with van der Waals surface area (Å²) in [6.45, 7) is 6.86. The highest BCUT2D eigenvalue weighted by Crippen LogP contribution is 2.11. The Morgan fingerprint density at radius 1 is 1.44 bits per heavy atom. The molecule has 0 aromatic carbocycles. The largest absolute Gasteiger partial charge is 0.309 e. The second-order valence-electron chi connectivity index (χ2n) is 4.50. The topological polar surface area (TPSA) is 28.2 Å². The first-order chi connectivity index (χ1) is 7.86. The van der Waals surface area contributed by atoms with E-state index in [1.807, 2.05) is 11.6 Å². The minimum atomic E-state index is 0.653. The summed E-state index contributed by atoms with van der Waals surface area (Å²) in [5, 5.41) is 6.71. The van der Waals surface area contributed by atoms with E-state index in [4.69, 9.17) is 0 Å². The van der Waals surface area contributed by atoms with E-state index in [0.717, 1.165) is 13.1 Å². The maximum absolute atomic E-state index is 4.27. The van der Waals surface area contributed by atoms with Crippen molar-refractivity contribution in [1.82, 2.24) is 15.2 Å². The van der Waals surface area contributed by atoms with Gasteiger partial charge in [0, 0.05) is 30.7 Å². The van der Waals surface area contributed by atoms with Crippen molar-refractivity contribution < 1.29 is 0 Å². The lowest BCUT2D eigenvalue weighted by molar-refractivity contribution is 0.170. The molecule has 2 rings (SSSR count). The third kappa shape index (κ3) is 3.54. The minimum Gasteiger partial charge on any atom is -0.309 e. The van der Waals surface area contributed by atoms with Crippen LogP contribution in [0.25, 0.3) is 0 Å². The van der Waals surface area contributed by atoms with Gasteiger partial charge >= 0.3 is 0 Å². The van der Waals surface area contributed by atoms with Crippen molar-refractivity contribution in [2.24, 2.45) is 0 Å². The Morgan fingerprint density at radius 2 is 2.25 bits per heavy atom. The Hall–Kier alpha value is -0.450. The number of nitrogens with one attached hydrogen (secondary N) is 1. The standard InChI is InChI=1S/C12H21N3S/c1-11(15-6-3-2-4-7-15)9-13-10-12-14-5-8-16-12/h5,8,11,13H,2-4,6-7,9-10H2,1H3. The average Bonchev–Trinajstić information content (AvgIpc) is 2.83. The van der Waals surface area contributed by atoms with Crippen molar-refractivity contribution in [1.29, 1.82) is 0 Å². The van der Waals surface area contributed by atoms with Gasteiger partial charge in [0.15, 0.2) is 0 Å². The number of piperidine rings is 1. The monoisotopic (exact) mass is 239 g/mol. The van der Waals surface area contributed by atoms with E-state index in [-0.39, 0.29) is 0 Å². The SMILES string of the molecule is CC(CNCc1nccs1)N1CCCCC1. The van der Waals surface area contributed by atoms with E-state index in [0.29, 0.717) is 6.04 Å². The first kappa shape index (κ1) is 12.0. The molecule has 0 amide bonds. The average molecular weight is 239 g/mol. The van der Waals surface area contributed by atoms with Crippen LogP contribution in [0.3, 0.4) is 0 Å². The number of hydrogen-bond acceptors (Lipinski definition) is 4. The van der Waals surface area contributed by atoms with Crippen molar-refractivity contribution in [3.8, 4) is 0 Å². The van der Waals surface area contributed by atoms with Crippen LogP contribution in [0.15, 0.2) is 11.6 Å². The molecule has 0 saturated carbocycles. The van der Waals surface area contributed by atoms with Crippen LogP contribution < -0.4 is 5.32 Å². The summed E-state index contributed by atoms with van der Waals surface area (Å²) in [7, 11) is 0.